The molecule has 1 aliphatic rings. The summed E-state index contributed by atoms with van der Waals surface area (Å²) < 4.78 is 6.05. The number of aliphatic hydroxyl groups excluding tert-OH is 1. The number of aliphatic hydroxyl groups is 1. The van der Waals surface area contributed by atoms with E-state index < -0.39 is 17.7 Å². The molecule has 0 aromatic heterocycles. The summed E-state index contributed by atoms with van der Waals surface area (Å²) in [6, 6.07) is 13.6. The van der Waals surface area contributed by atoms with Crippen LogP contribution in [0.1, 0.15) is 17.2 Å². The first-order chi connectivity index (χ1) is 13.8. The minimum atomic E-state index is -0.686. The van der Waals surface area contributed by atoms with Crippen molar-refractivity contribution in [2.45, 2.75) is 6.04 Å². The highest BCUT2D eigenvalue weighted by Crippen LogP contribution is 2.40. The fourth-order valence-electron chi connectivity index (χ4n) is 3.37. The van der Waals surface area contributed by atoms with E-state index >= 15 is 0 Å². The molecule has 2 aromatic rings. The predicted octanol–water partition coefficient (Wildman–Crippen LogP) is 3.44. The van der Waals surface area contributed by atoms with Crippen LogP contribution in [0.3, 0.4) is 0 Å². The van der Waals surface area contributed by atoms with Crippen molar-refractivity contribution in [3.8, 4) is 5.75 Å². The standard InChI is InChI=1S/C22H23BrN2O4/c1-24(2)10-11-25-19(14-6-4-8-16(23)12-14)18(21(27)22(25)28)20(26)15-7-5-9-17(13-15)29-3/h4-9,12-13,19,26H,10-11H2,1-3H3/b20-18+. The Morgan fingerprint density at radius 1 is 1.17 bits per heavy atom. The lowest BCUT2D eigenvalue weighted by atomic mass is 9.95. The number of benzene rings is 2. The van der Waals surface area contributed by atoms with E-state index in [1.807, 2.05) is 43.3 Å². The van der Waals surface area contributed by atoms with Crippen LogP contribution in [0.15, 0.2) is 58.6 Å². The first kappa shape index (κ1) is 21.1. The van der Waals surface area contributed by atoms with E-state index in [4.69, 9.17) is 4.74 Å². The van der Waals surface area contributed by atoms with E-state index in [2.05, 4.69) is 15.9 Å². The maximum absolute atomic E-state index is 12.9. The Balaban J connectivity index is 2.16. The number of likely N-dealkylation sites (N-methyl/N-ethyl adjacent to an activating group) is 1. The zero-order valence-corrected chi connectivity index (χ0v) is 18.1. The second-order valence-corrected chi connectivity index (χ2v) is 8.00. The molecule has 1 unspecified atom stereocenters. The van der Waals surface area contributed by atoms with Gasteiger partial charge in [0.15, 0.2) is 0 Å². The molecule has 29 heavy (non-hydrogen) atoms. The number of amides is 1. The van der Waals surface area contributed by atoms with Crippen LogP contribution in [0.25, 0.3) is 5.76 Å². The van der Waals surface area contributed by atoms with Crippen molar-refractivity contribution in [1.29, 1.82) is 0 Å². The molecule has 152 valence electrons. The number of carbonyl (C=O) groups excluding carboxylic acids is 2. The molecule has 6 nitrogen and oxygen atoms in total. The monoisotopic (exact) mass is 458 g/mol. The zero-order valence-electron chi connectivity index (χ0n) is 16.6. The van der Waals surface area contributed by atoms with Gasteiger partial charge in [0.05, 0.1) is 18.7 Å². The smallest absolute Gasteiger partial charge is 0.295 e. The van der Waals surface area contributed by atoms with E-state index in [0.29, 0.717) is 24.4 Å². The van der Waals surface area contributed by atoms with Crippen molar-refractivity contribution in [3.63, 3.8) is 0 Å². The molecule has 1 amide bonds. The van der Waals surface area contributed by atoms with Crippen LogP contribution in [-0.4, -0.2) is 60.9 Å². The first-order valence-electron chi connectivity index (χ1n) is 9.16. The summed E-state index contributed by atoms with van der Waals surface area (Å²) in [5.74, 6) is -0.954. The highest BCUT2D eigenvalue weighted by Gasteiger charge is 2.45. The van der Waals surface area contributed by atoms with Crippen LogP contribution >= 0.6 is 15.9 Å². The molecule has 0 saturated carbocycles. The molecule has 1 heterocycles. The number of Topliss-reactive ketones (excluding diaryl/α,β-unsaturated/α-hetero) is 1. The van der Waals surface area contributed by atoms with E-state index in [1.54, 1.807) is 24.3 Å². The maximum Gasteiger partial charge on any atom is 0.295 e. The van der Waals surface area contributed by atoms with E-state index in [0.717, 1.165) is 10.0 Å². The highest BCUT2D eigenvalue weighted by atomic mass is 79.9. The summed E-state index contributed by atoms with van der Waals surface area (Å²) in [4.78, 5) is 29.2. The van der Waals surface area contributed by atoms with Gasteiger partial charge < -0.3 is 19.6 Å². The number of hydrogen-bond acceptors (Lipinski definition) is 5. The summed E-state index contributed by atoms with van der Waals surface area (Å²) in [6.45, 7) is 0.959. The van der Waals surface area contributed by atoms with Crippen molar-refractivity contribution in [2.24, 2.45) is 0 Å². The molecule has 1 saturated heterocycles. The molecule has 7 heteroatoms. The van der Waals surface area contributed by atoms with Crippen molar-refractivity contribution < 1.29 is 19.4 Å². The van der Waals surface area contributed by atoms with Gasteiger partial charge in [-0.2, -0.15) is 0 Å². The van der Waals surface area contributed by atoms with E-state index in [1.165, 1.54) is 12.0 Å². The summed E-state index contributed by atoms with van der Waals surface area (Å²) in [5.41, 5.74) is 1.26. The summed E-state index contributed by atoms with van der Waals surface area (Å²) >= 11 is 3.45. The largest absolute Gasteiger partial charge is 0.507 e. The average Bonchev–Trinajstić information content (AvgIpc) is 2.96. The lowest BCUT2D eigenvalue weighted by molar-refractivity contribution is -0.140. The molecule has 1 atom stereocenters. The second-order valence-electron chi connectivity index (χ2n) is 7.08. The minimum absolute atomic E-state index is 0.0834. The Labute approximate surface area is 178 Å². The molecule has 0 aliphatic carbocycles. The van der Waals surface area contributed by atoms with Crippen LogP contribution in [0.5, 0.6) is 5.75 Å². The SMILES string of the molecule is COc1cccc(/C(O)=C2\C(=O)C(=O)N(CCN(C)C)C2c2cccc(Br)c2)c1. The number of methoxy groups -OCH3 is 1. The normalized spacial score (nSPS) is 18.5. The van der Waals surface area contributed by atoms with Gasteiger partial charge in [-0.15, -0.1) is 0 Å². The third-order valence-electron chi connectivity index (χ3n) is 4.84. The Bertz CT molecular complexity index is 971. The van der Waals surface area contributed by atoms with Gasteiger partial charge in [-0.1, -0.05) is 40.2 Å². The first-order valence-corrected chi connectivity index (χ1v) is 9.95. The van der Waals surface area contributed by atoms with Gasteiger partial charge in [0, 0.05) is 23.1 Å². The minimum Gasteiger partial charge on any atom is -0.507 e. The van der Waals surface area contributed by atoms with Gasteiger partial charge in [0.2, 0.25) is 0 Å². The lowest BCUT2D eigenvalue weighted by Crippen LogP contribution is -2.35. The van der Waals surface area contributed by atoms with Gasteiger partial charge in [-0.25, -0.2) is 0 Å². The number of halogens is 1. The highest BCUT2D eigenvalue weighted by molar-refractivity contribution is 9.10. The van der Waals surface area contributed by atoms with Crippen molar-refractivity contribution in [1.82, 2.24) is 9.80 Å². The third kappa shape index (κ3) is 4.36. The molecule has 0 spiro atoms. The molecule has 3 rings (SSSR count). The van der Waals surface area contributed by atoms with Crippen LogP contribution in [0.4, 0.5) is 0 Å². The topological polar surface area (TPSA) is 70.1 Å². The lowest BCUT2D eigenvalue weighted by Gasteiger charge is -2.26. The third-order valence-corrected chi connectivity index (χ3v) is 5.33. The van der Waals surface area contributed by atoms with Crippen LogP contribution in [-0.2, 0) is 9.59 Å². The van der Waals surface area contributed by atoms with Crippen molar-refractivity contribution in [3.05, 3.63) is 69.7 Å². The van der Waals surface area contributed by atoms with Crippen LogP contribution in [0, 0.1) is 0 Å². The maximum atomic E-state index is 12.9. The van der Waals surface area contributed by atoms with Gasteiger partial charge in [0.1, 0.15) is 11.5 Å². The number of carbonyl (C=O) groups is 2. The van der Waals surface area contributed by atoms with Crippen molar-refractivity contribution in [2.75, 3.05) is 34.3 Å². The number of ether oxygens (including phenoxy) is 1. The van der Waals surface area contributed by atoms with Crippen molar-refractivity contribution >= 4 is 33.4 Å². The molecule has 1 aliphatic heterocycles. The summed E-state index contributed by atoms with van der Waals surface area (Å²) in [5, 5.41) is 11.0. The van der Waals surface area contributed by atoms with Gasteiger partial charge in [-0.05, 0) is 43.9 Å². The molecule has 1 fully saturated rings. The molecule has 2 aromatic carbocycles. The van der Waals surface area contributed by atoms with E-state index in [-0.39, 0.29) is 11.3 Å². The Morgan fingerprint density at radius 3 is 2.55 bits per heavy atom. The molecule has 0 radical (unpaired) electrons. The Kier molecular flexibility index (Phi) is 6.39. The quantitative estimate of drug-likeness (QED) is 0.407. The fraction of sp³-hybridized carbons (Fsp3) is 0.273. The zero-order chi connectivity index (χ0) is 21.1. The van der Waals surface area contributed by atoms with Gasteiger partial charge in [-0.3, -0.25) is 9.59 Å². The molecular weight excluding hydrogens is 436 g/mol. The average molecular weight is 459 g/mol. The number of nitrogens with zero attached hydrogens (tertiary/aromatic N) is 2. The van der Waals surface area contributed by atoms with Crippen LogP contribution < -0.4 is 4.74 Å². The van der Waals surface area contributed by atoms with Gasteiger partial charge in [0.25, 0.3) is 11.7 Å². The Morgan fingerprint density at radius 2 is 1.90 bits per heavy atom. The van der Waals surface area contributed by atoms with E-state index in [9.17, 15) is 14.7 Å². The number of ketones is 1. The van der Waals surface area contributed by atoms with Gasteiger partial charge >= 0.3 is 0 Å². The molecular formula is C22H23BrN2O4. The number of hydrogen-bond donors (Lipinski definition) is 1. The molecule has 0 bridgehead atoms. The number of likely N-dealkylation sites (tertiary alicyclic amines) is 1. The Hall–Kier alpha value is -2.64. The molecule has 1 N–H and O–H groups in total. The second kappa shape index (κ2) is 8.80. The predicted molar refractivity (Wildman–Crippen MR) is 115 cm³/mol. The summed E-state index contributed by atoms with van der Waals surface area (Å²) in [6.07, 6.45) is 0. The summed E-state index contributed by atoms with van der Waals surface area (Å²) in [7, 11) is 5.34. The number of rotatable bonds is 6. The van der Waals surface area contributed by atoms with Crippen LogP contribution in [0.2, 0.25) is 0 Å². The fourth-order valence-corrected chi connectivity index (χ4v) is 3.78.